The minimum absolute atomic E-state index is 0.241. The quantitative estimate of drug-likeness (QED) is 0.422. The van der Waals surface area contributed by atoms with E-state index in [9.17, 15) is 4.79 Å². The number of benzene rings is 1. The zero-order chi connectivity index (χ0) is 16.9. The predicted molar refractivity (Wildman–Crippen MR) is 97.6 cm³/mol. The van der Waals surface area contributed by atoms with Crippen LogP contribution in [0, 0.1) is 12.8 Å². The van der Waals surface area contributed by atoms with Crippen LogP contribution in [0.1, 0.15) is 19.4 Å². The van der Waals surface area contributed by atoms with Crippen molar-refractivity contribution in [3.05, 3.63) is 29.8 Å². The second-order valence-electron chi connectivity index (χ2n) is 5.11. The number of aryl methyl sites for hydroxylation is 1. The molecule has 1 amide bonds. The summed E-state index contributed by atoms with van der Waals surface area (Å²) in [5.41, 5.74) is 1.88. The lowest BCUT2D eigenvalue weighted by Crippen LogP contribution is -2.56. The molecule has 0 heterocycles. The van der Waals surface area contributed by atoms with Crippen molar-refractivity contribution < 1.29 is 4.79 Å². The Hall–Kier alpha value is -0.750. The molecule has 0 aliphatic rings. The average Bonchev–Trinajstić information content (AvgIpc) is 2.36. The molecule has 0 unspecified atom stereocenters. The van der Waals surface area contributed by atoms with Gasteiger partial charge in [-0.2, -0.15) is 0 Å². The predicted octanol–water partition coefficient (Wildman–Crippen LogP) is 3.75. The average molecular weight is 383 g/mol. The molecule has 1 atom stereocenters. The van der Waals surface area contributed by atoms with Crippen molar-refractivity contribution in [3.63, 3.8) is 0 Å². The van der Waals surface area contributed by atoms with Crippen LogP contribution in [0.4, 0.5) is 5.69 Å². The first kappa shape index (κ1) is 19.3. The minimum Gasteiger partial charge on any atom is -0.339 e. The van der Waals surface area contributed by atoms with E-state index in [4.69, 9.17) is 47.0 Å². The van der Waals surface area contributed by atoms with Gasteiger partial charge < -0.3 is 16.0 Å². The number of thiocarbonyl (C=S) groups is 1. The number of alkyl halides is 3. The van der Waals surface area contributed by atoms with Gasteiger partial charge in [0.05, 0.1) is 0 Å². The van der Waals surface area contributed by atoms with Crippen LogP contribution in [-0.2, 0) is 4.79 Å². The number of amides is 1. The highest BCUT2D eigenvalue weighted by Crippen LogP contribution is 2.29. The Balaban J connectivity index is 2.73. The number of hydrogen-bond acceptors (Lipinski definition) is 2. The fourth-order valence-corrected chi connectivity index (χ4v) is 2.09. The molecule has 0 bridgehead atoms. The van der Waals surface area contributed by atoms with Crippen LogP contribution in [0.25, 0.3) is 0 Å². The van der Waals surface area contributed by atoms with E-state index in [1.165, 1.54) is 0 Å². The third-order valence-electron chi connectivity index (χ3n) is 2.69. The molecule has 1 aromatic rings. The molecule has 0 saturated heterocycles. The van der Waals surface area contributed by atoms with E-state index in [1.54, 1.807) is 13.8 Å². The van der Waals surface area contributed by atoms with Crippen LogP contribution in [0.2, 0.25) is 0 Å². The van der Waals surface area contributed by atoms with Gasteiger partial charge in [-0.3, -0.25) is 4.79 Å². The lowest BCUT2D eigenvalue weighted by molar-refractivity contribution is -0.124. The smallest absolute Gasteiger partial charge is 0.228 e. The minimum atomic E-state index is -1.75. The highest BCUT2D eigenvalue weighted by molar-refractivity contribution is 7.80. The van der Waals surface area contributed by atoms with Crippen LogP contribution in [0.5, 0.6) is 0 Å². The van der Waals surface area contributed by atoms with E-state index in [-0.39, 0.29) is 16.9 Å². The summed E-state index contributed by atoms with van der Waals surface area (Å²) < 4.78 is -1.75. The SMILES string of the molecule is Cc1cccc(NC(=S)N[C@@H](NC(=O)C(C)C)C(Cl)(Cl)Cl)c1. The van der Waals surface area contributed by atoms with E-state index in [0.29, 0.717) is 0 Å². The summed E-state index contributed by atoms with van der Waals surface area (Å²) in [5, 5.41) is 8.64. The molecule has 1 rings (SSSR count). The molecule has 0 aliphatic heterocycles. The van der Waals surface area contributed by atoms with Gasteiger partial charge in [0.15, 0.2) is 5.11 Å². The maximum Gasteiger partial charge on any atom is 0.228 e. The molecule has 0 fully saturated rings. The zero-order valence-electron chi connectivity index (χ0n) is 12.4. The van der Waals surface area contributed by atoms with E-state index >= 15 is 0 Å². The van der Waals surface area contributed by atoms with Gasteiger partial charge in [-0.25, -0.2) is 0 Å². The fraction of sp³-hybridized carbons (Fsp3) is 0.429. The molecular weight excluding hydrogens is 365 g/mol. The van der Waals surface area contributed by atoms with E-state index in [0.717, 1.165) is 11.3 Å². The lowest BCUT2D eigenvalue weighted by atomic mass is 10.2. The molecule has 0 saturated carbocycles. The standard InChI is InChI=1S/C14H18Cl3N3OS/c1-8(2)11(21)19-12(14(15,16)17)20-13(22)18-10-6-4-5-9(3)7-10/h4-8,12H,1-3H3,(H,19,21)(H2,18,20,22)/t12-/m1/s1. The normalized spacial score (nSPS) is 12.7. The Morgan fingerprint density at radius 1 is 1.23 bits per heavy atom. The Morgan fingerprint density at radius 2 is 1.86 bits per heavy atom. The summed E-state index contributed by atoms with van der Waals surface area (Å²) in [4.78, 5) is 11.8. The third kappa shape index (κ3) is 6.57. The fourth-order valence-electron chi connectivity index (χ4n) is 1.53. The van der Waals surface area contributed by atoms with Gasteiger partial charge in [0.2, 0.25) is 9.70 Å². The first-order valence-electron chi connectivity index (χ1n) is 6.61. The van der Waals surface area contributed by atoms with Crippen LogP contribution in [-0.4, -0.2) is 21.0 Å². The summed E-state index contributed by atoms with van der Waals surface area (Å²) in [6.45, 7) is 5.46. The molecule has 0 radical (unpaired) electrons. The zero-order valence-corrected chi connectivity index (χ0v) is 15.5. The highest BCUT2D eigenvalue weighted by Gasteiger charge is 2.35. The number of halogens is 3. The number of nitrogens with one attached hydrogen (secondary N) is 3. The summed E-state index contributed by atoms with van der Waals surface area (Å²) in [5.74, 6) is -0.489. The van der Waals surface area contributed by atoms with Gasteiger partial charge in [-0.1, -0.05) is 60.8 Å². The monoisotopic (exact) mass is 381 g/mol. The van der Waals surface area contributed by atoms with Crippen LogP contribution < -0.4 is 16.0 Å². The Kier molecular flexibility index (Phi) is 7.19. The topological polar surface area (TPSA) is 53.2 Å². The molecule has 22 heavy (non-hydrogen) atoms. The van der Waals surface area contributed by atoms with E-state index in [1.807, 2.05) is 31.2 Å². The van der Waals surface area contributed by atoms with E-state index < -0.39 is 9.96 Å². The van der Waals surface area contributed by atoms with Gasteiger partial charge in [0, 0.05) is 11.6 Å². The van der Waals surface area contributed by atoms with Gasteiger partial charge in [-0.15, -0.1) is 0 Å². The van der Waals surface area contributed by atoms with Crippen LogP contribution in [0.15, 0.2) is 24.3 Å². The van der Waals surface area contributed by atoms with Gasteiger partial charge >= 0.3 is 0 Å². The molecule has 4 nitrogen and oxygen atoms in total. The van der Waals surface area contributed by atoms with Crippen molar-refractivity contribution in [1.29, 1.82) is 0 Å². The van der Waals surface area contributed by atoms with Crippen molar-refractivity contribution in [2.45, 2.75) is 30.7 Å². The molecule has 0 spiro atoms. The third-order valence-corrected chi connectivity index (χ3v) is 3.56. The molecule has 1 aromatic carbocycles. The highest BCUT2D eigenvalue weighted by atomic mass is 35.6. The van der Waals surface area contributed by atoms with Crippen molar-refractivity contribution in [1.82, 2.24) is 10.6 Å². The second-order valence-corrected chi connectivity index (χ2v) is 7.88. The van der Waals surface area contributed by atoms with Crippen LogP contribution >= 0.6 is 47.0 Å². The number of carbonyl (C=O) groups excluding carboxylic acids is 1. The van der Waals surface area contributed by atoms with Gasteiger partial charge in [-0.05, 0) is 36.8 Å². The van der Waals surface area contributed by atoms with Crippen molar-refractivity contribution >= 4 is 63.7 Å². The summed E-state index contributed by atoms with van der Waals surface area (Å²) >= 11 is 22.9. The molecule has 0 aromatic heterocycles. The first-order chi connectivity index (χ1) is 10.1. The Morgan fingerprint density at radius 3 is 2.36 bits per heavy atom. The van der Waals surface area contributed by atoms with E-state index in [2.05, 4.69) is 16.0 Å². The number of rotatable bonds is 4. The first-order valence-corrected chi connectivity index (χ1v) is 8.15. The van der Waals surface area contributed by atoms with Crippen molar-refractivity contribution in [2.75, 3.05) is 5.32 Å². The molecule has 0 aliphatic carbocycles. The Labute approximate surface area is 150 Å². The molecule has 8 heteroatoms. The number of anilines is 1. The van der Waals surface area contributed by atoms with Gasteiger partial charge in [0.1, 0.15) is 6.17 Å². The van der Waals surface area contributed by atoms with Crippen molar-refractivity contribution in [2.24, 2.45) is 5.92 Å². The van der Waals surface area contributed by atoms with Crippen molar-refractivity contribution in [3.8, 4) is 0 Å². The Bertz CT molecular complexity index is 546. The second kappa shape index (κ2) is 8.20. The summed E-state index contributed by atoms with van der Waals surface area (Å²) in [7, 11) is 0. The summed E-state index contributed by atoms with van der Waals surface area (Å²) in [6.07, 6.45) is -0.947. The molecular formula is C14H18Cl3N3OS. The summed E-state index contributed by atoms with van der Waals surface area (Å²) in [6, 6.07) is 7.64. The maximum atomic E-state index is 11.8. The number of carbonyl (C=O) groups is 1. The lowest BCUT2D eigenvalue weighted by Gasteiger charge is -2.28. The molecule has 3 N–H and O–H groups in total. The maximum absolute atomic E-state index is 11.8. The largest absolute Gasteiger partial charge is 0.339 e. The molecule has 122 valence electrons. The van der Waals surface area contributed by atoms with Gasteiger partial charge in [0.25, 0.3) is 0 Å². The number of hydrogen-bond donors (Lipinski definition) is 3. The van der Waals surface area contributed by atoms with Crippen LogP contribution in [0.3, 0.4) is 0 Å².